The van der Waals surface area contributed by atoms with E-state index in [4.69, 9.17) is 9.52 Å². The fourth-order valence-electron chi connectivity index (χ4n) is 1.71. The van der Waals surface area contributed by atoms with Crippen LogP contribution in [0, 0.1) is 0 Å². The molecule has 0 amide bonds. The van der Waals surface area contributed by atoms with Crippen molar-refractivity contribution >= 4 is 10.0 Å². The fourth-order valence-corrected chi connectivity index (χ4v) is 2.68. The minimum Gasteiger partial charge on any atom is -0.446 e. The van der Waals surface area contributed by atoms with Gasteiger partial charge in [-0.1, -0.05) is 0 Å². The lowest BCUT2D eigenvalue weighted by molar-refractivity contribution is 0.236. The predicted molar refractivity (Wildman–Crippen MR) is 65.5 cm³/mol. The van der Waals surface area contributed by atoms with E-state index in [1.165, 1.54) is 25.0 Å². The molecule has 18 heavy (non-hydrogen) atoms. The van der Waals surface area contributed by atoms with Gasteiger partial charge in [-0.05, 0) is 32.0 Å². The highest BCUT2D eigenvalue weighted by Crippen LogP contribution is 2.24. The Hall–Kier alpha value is -0.890. The molecule has 0 aliphatic heterocycles. The number of aliphatic hydroxyl groups is 1. The highest BCUT2D eigenvalue weighted by atomic mass is 32.2. The molecule has 2 rings (SSSR count). The Morgan fingerprint density at radius 1 is 1.50 bits per heavy atom. The van der Waals surface area contributed by atoms with Crippen molar-refractivity contribution in [2.45, 2.75) is 30.6 Å². The van der Waals surface area contributed by atoms with Crippen LogP contribution in [0.5, 0.6) is 0 Å². The highest BCUT2D eigenvalue weighted by Gasteiger charge is 2.26. The molecule has 1 fully saturated rings. The van der Waals surface area contributed by atoms with Crippen LogP contribution in [0.3, 0.4) is 0 Å². The number of likely N-dealkylation sites (N-methyl/N-ethyl adjacent to an activating group) is 1. The molecule has 1 aromatic heterocycles. The smallest absolute Gasteiger partial charge is 0.274 e. The number of nitrogens with zero attached hydrogens (tertiary/aromatic N) is 1. The third-order valence-corrected chi connectivity index (χ3v) is 4.32. The number of aliphatic hydroxyl groups excluding tert-OH is 1. The number of hydrogen-bond donors (Lipinski definition) is 2. The van der Waals surface area contributed by atoms with E-state index in [-0.39, 0.29) is 17.5 Å². The molecule has 0 saturated heterocycles. The predicted octanol–water partition coefficient (Wildman–Crippen LogP) is 0.144. The second-order valence-corrected chi connectivity index (χ2v) is 6.19. The lowest BCUT2D eigenvalue weighted by Gasteiger charge is -2.15. The first-order chi connectivity index (χ1) is 8.53. The van der Waals surface area contributed by atoms with Gasteiger partial charge < -0.3 is 14.4 Å². The van der Waals surface area contributed by atoms with Gasteiger partial charge in [0.15, 0.2) is 0 Å². The van der Waals surface area contributed by atoms with Crippen LogP contribution in [0.1, 0.15) is 18.6 Å². The Kier molecular flexibility index (Phi) is 4.06. The summed E-state index contributed by atoms with van der Waals surface area (Å²) >= 11 is 0. The molecular weight excluding hydrogens is 256 g/mol. The number of rotatable bonds is 7. The topological polar surface area (TPSA) is 82.8 Å². The van der Waals surface area contributed by atoms with Crippen LogP contribution in [-0.4, -0.2) is 44.6 Å². The molecule has 0 atom stereocenters. The second-order valence-electron chi connectivity index (χ2n) is 4.49. The molecule has 1 saturated carbocycles. The van der Waals surface area contributed by atoms with Gasteiger partial charge in [0.1, 0.15) is 12.4 Å². The summed E-state index contributed by atoms with van der Waals surface area (Å²) < 4.78 is 31.1. The third-order valence-electron chi connectivity index (χ3n) is 2.98. The Morgan fingerprint density at radius 2 is 2.22 bits per heavy atom. The van der Waals surface area contributed by atoms with Gasteiger partial charge in [0, 0.05) is 19.1 Å². The van der Waals surface area contributed by atoms with E-state index in [2.05, 4.69) is 9.62 Å². The van der Waals surface area contributed by atoms with Gasteiger partial charge >= 0.3 is 0 Å². The maximum atomic E-state index is 11.8. The molecule has 1 heterocycles. The van der Waals surface area contributed by atoms with Crippen molar-refractivity contribution in [2.75, 3.05) is 20.1 Å². The minimum atomic E-state index is -3.60. The zero-order valence-corrected chi connectivity index (χ0v) is 11.1. The summed E-state index contributed by atoms with van der Waals surface area (Å²) in [6.45, 7) is 0.724. The van der Waals surface area contributed by atoms with Crippen molar-refractivity contribution < 1.29 is 17.9 Å². The lowest BCUT2D eigenvalue weighted by Crippen LogP contribution is -2.33. The van der Waals surface area contributed by atoms with E-state index in [1.54, 1.807) is 0 Å². The zero-order chi connectivity index (χ0) is 13.2. The maximum Gasteiger partial charge on any atom is 0.274 e. The van der Waals surface area contributed by atoms with Gasteiger partial charge in [-0.3, -0.25) is 0 Å². The summed E-state index contributed by atoms with van der Waals surface area (Å²) in [5.41, 5.74) is 0. The van der Waals surface area contributed by atoms with Crippen molar-refractivity contribution in [1.82, 2.24) is 9.62 Å². The van der Waals surface area contributed by atoms with E-state index in [9.17, 15) is 8.42 Å². The summed E-state index contributed by atoms with van der Waals surface area (Å²) in [6.07, 6.45) is 2.39. The van der Waals surface area contributed by atoms with Gasteiger partial charge in [0.2, 0.25) is 5.09 Å². The first-order valence-electron chi connectivity index (χ1n) is 5.92. The van der Waals surface area contributed by atoms with Crippen molar-refractivity contribution in [3.8, 4) is 0 Å². The van der Waals surface area contributed by atoms with Crippen LogP contribution in [0.2, 0.25) is 0 Å². The summed E-state index contributed by atoms with van der Waals surface area (Å²) in [5, 5.41) is 8.67. The monoisotopic (exact) mass is 274 g/mol. The lowest BCUT2D eigenvalue weighted by atomic mass is 10.5. The molecule has 0 spiro atoms. The minimum absolute atomic E-state index is 0.152. The molecule has 1 aromatic rings. The standard InChI is InChI=1S/C11H18N2O4S/c1-13(9-2-3-9)7-6-12-18(15,16)11-5-4-10(8-14)17-11/h4-5,9,12,14H,2-3,6-8H2,1H3. The van der Waals surface area contributed by atoms with Gasteiger partial charge in [-0.2, -0.15) is 0 Å². The molecule has 1 aliphatic carbocycles. The van der Waals surface area contributed by atoms with Gasteiger partial charge in [-0.25, -0.2) is 13.1 Å². The molecule has 0 radical (unpaired) electrons. The van der Waals surface area contributed by atoms with Gasteiger partial charge in [-0.15, -0.1) is 0 Å². The normalized spacial score (nSPS) is 16.4. The van der Waals surface area contributed by atoms with Crippen molar-refractivity contribution in [1.29, 1.82) is 0 Å². The first-order valence-corrected chi connectivity index (χ1v) is 7.41. The first kappa shape index (κ1) is 13.5. The molecule has 0 bridgehead atoms. The molecule has 2 N–H and O–H groups in total. The number of hydrogen-bond acceptors (Lipinski definition) is 5. The van der Waals surface area contributed by atoms with Crippen molar-refractivity contribution in [3.63, 3.8) is 0 Å². The molecule has 7 heteroatoms. The average molecular weight is 274 g/mol. The Bertz CT molecular complexity index is 493. The molecule has 1 aliphatic rings. The number of furan rings is 1. The summed E-state index contributed by atoms with van der Waals surface area (Å²) in [5.74, 6) is 0.241. The third kappa shape index (κ3) is 3.32. The van der Waals surface area contributed by atoms with Crippen LogP contribution in [-0.2, 0) is 16.6 Å². The number of nitrogens with one attached hydrogen (secondary N) is 1. The highest BCUT2D eigenvalue weighted by molar-refractivity contribution is 7.89. The van der Waals surface area contributed by atoms with E-state index < -0.39 is 10.0 Å². The van der Waals surface area contributed by atoms with Crippen LogP contribution in [0.4, 0.5) is 0 Å². The quantitative estimate of drug-likeness (QED) is 0.739. The molecule has 6 nitrogen and oxygen atoms in total. The van der Waals surface area contributed by atoms with Crippen LogP contribution >= 0.6 is 0 Å². The Labute approximate surface area is 107 Å². The summed E-state index contributed by atoms with van der Waals surface area (Å²) in [6, 6.07) is 3.41. The number of sulfonamides is 1. The molecule has 0 unspecified atom stereocenters. The average Bonchev–Trinajstić information content (AvgIpc) is 3.06. The van der Waals surface area contributed by atoms with E-state index in [0.29, 0.717) is 19.1 Å². The molecular formula is C11H18N2O4S. The fraction of sp³-hybridized carbons (Fsp3) is 0.636. The van der Waals surface area contributed by atoms with Gasteiger partial charge in [0.25, 0.3) is 10.0 Å². The van der Waals surface area contributed by atoms with E-state index >= 15 is 0 Å². The van der Waals surface area contributed by atoms with Crippen molar-refractivity contribution in [3.05, 3.63) is 17.9 Å². The van der Waals surface area contributed by atoms with Crippen LogP contribution < -0.4 is 4.72 Å². The Morgan fingerprint density at radius 3 is 2.78 bits per heavy atom. The van der Waals surface area contributed by atoms with E-state index in [1.807, 2.05) is 7.05 Å². The van der Waals surface area contributed by atoms with Gasteiger partial charge in [0.05, 0.1) is 0 Å². The summed E-state index contributed by atoms with van der Waals surface area (Å²) in [4.78, 5) is 2.14. The maximum absolute atomic E-state index is 11.8. The SMILES string of the molecule is CN(CCNS(=O)(=O)c1ccc(CO)o1)C1CC1. The molecule has 0 aromatic carbocycles. The van der Waals surface area contributed by atoms with Crippen LogP contribution in [0.15, 0.2) is 21.6 Å². The van der Waals surface area contributed by atoms with E-state index in [0.717, 1.165) is 0 Å². The largest absolute Gasteiger partial charge is 0.446 e. The van der Waals surface area contributed by atoms with Crippen molar-refractivity contribution in [2.24, 2.45) is 0 Å². The Balaban J connectivity index is 1.86. The summed E-state index contributed by atoms with van der Waals surface area (Å²) in [7, 11) is -1.62. The zero-order valence-electron chi connectivity index (χ0n) is 10.3. The second kappa shape index (κ2) is 5.40. The molecule has 102 valence electrons. The van der Waals surface area contributed by atoms with Crippen LogP contribution in [0.25, 0.3) is 0 Å².